The molecular formula is C48H54N6O4. The zero-order valence-corrected chi connectivity index (χ0v) is 34.1. The molecule has 4 bridgehead atoms. The van der Waals surface area contributed by atoms with Gasteiger partial charge in [0.05, 0.1) is 48.1 Å². The molecule has 6 fully saturated rings. The molecule has 6 aliphatic heterocycles. The van der Waals surface area contributed by atoms with Crippen molar-refractivity contribution >= 4 is 32.6 Å². The van der Waals surface area contributed by atoms with Crippen LogP contribution in [0.2, 0.25) is 0 Å². The number of rotatable bonds is 12. The second kappa shape index (κ2) is 15.6. The lowest BCUT2D eigenvalue weighted by Gasteiger charge is -2.52. The first kappa shape index (κ1) is 37.2. The van der Waals surface area contributed by atoms with Gasteiger partial charge in [0.25, 0.3) is 0 Å². The summed E-state index contributed by atoms with van der Waals surface area (Å²) in [5, 5.41) is 13.7. The molecule has 10 heteroatoms. The quantitative estimate of drug-likeness (QED) is 0.120. The van der Waals surface area contributed by atoms with Crippen LogP contribution in [0.3, 0.4) is 0 Å². The van der Waals surface area contributed by atoms with E-state index in [1.54, 1.807) is 14.2 Å². The van der Waals surface area contributed by atoms with Crippen molar-refractivity contribution in [3.63, 3.8) is 0 Å². The summed E-state index contributed by atoms with van der Waals surface area (Å²) in [4.78, 5) is 14.8. The van der Waals surface area contributed by atoms with E-state index in [2.05, 4.69) is 72.2 Å². The number of hydrogen-bond acceptors (Lipinski definition) is 10. The largest absolute Gasteiger partial charge is 0.497 e. The van der Waals surface area contributed by atoms with Crippen LogP contribution in [0.5, 0.6) is 23.3 Å². The number of pyridine rings is 2. The second-order valence-electron chi connectivity index (χ2n) is 17.0. The molecule has 12 rings (SSSR count). The van der Waals surface area contributed by atoms with Crippen molar-refractivity contribution in [1.82, 2.24) is 30.0 Å². The van der Waals surface area contributed by atoms with Crippen LogP contribution in [0.1, 0.15) is 75.7 Å². The number of methoxy groups -OCH3 is 2. The average molecular weight is 779 g/mol. The zero-order chi connectivity index (χ0) is 39.3. The van der Waals surface area contributed by atoms with Gasteiger partial charge in [0.1, 0.15) is 23.7 Å². The average Bonchev–Trinajstić information content (AvgIpc) is 3.29. The molecule has 6 aliphatic rings. The molecule has 0 spiro atoms. The van der Waals surface area contributed by atoms with Crippen molar-refractivity contribution in [1.29, 1.82) is 0 Å². The normalized spacial score (nSPS) is 27.4. The lowest BCUT2D eigenvalue weighted by atomic mass is 9.72. The molecule has 0 radical (unpaired) electrons. The minimum Gasteiger partial charge on any atom is -0.497 e. The Kier molecular flexibility index (Phi) is 10.0. The predicted molar refractivity (Wildman–Crippen MR) is 227 cm³/mol. The Morgan fingerprint density at radius 1 is 0.603 bits per heavy atom. The van der Waals surface area contributed by atoms with Gasteiger partial charge in [-0.25, -0.2) is 0 Å². The van der Waals surface area contributed by atoms with Gasteiger partial charge in [-0.05, 0) is 123 Å². The molecule has 58 heavy (non-hydrogen) atoms. The third-order valence-electron chi connectivity index (χ3n) is 14.3. The number of ether oxygens (including phenoxy) is 4. The molecule has 4 unspecified atom stereocenters. The van der Waals surface area contributed by atoms with Crippen molar-refractivity contribution in [2.45, 2.75) is 76.7 Å². The van der Waals surface area contributed by atoms with Crippen LogP contribution in [0.4, 0.5) is 0 Å². The van der Waals surface area contributed by atoms with Crippen molar-refractivity contribution in [3.8, 4) is 23.3 Å². The van der Waals surface area contributed by atoms with Crippen LogP contribution in [0, 0.1) is 23.7 Å². The van der Waals surface area contributed by atoms with Gasteiger partial charge in [-0.3, -0.25) is 19.8 Å². The van der Waals surface area contributed by atoms with E-state index >= 15 is 0 Å². The Labute approximate surface area is 340 Å². The summed E-state index contributed by atoms with van der Waals surface area (Å²) in [7, 11) is 3.42. The number of nitrogens with zero attached hydrogens (tertiary/aromatic N) is 6. The standard InChI is InChI=1S/C48H54N6O4/c1-5-29-27-53-21-17-31(29)23-43(53)45(35-15-19-49-41-13-11-33(55-3)25-39(35)41)57-47-37-9-7-8-10-38(37)48(52-51-47)58-46(44-24-32-18-22-54(44)28-30(32)6-2)36-16-20-50-42-14-12-34(56-4)26-40(36)42/h7-16,19-20,25-26,29-32,43-46H,5-6,17-18,21-24,27-28H2,1-4H3/t29?,30?,31-,32-,43+,44+,45-,46-/m0/s1. The summed E-state index contributed by atoms with van der Waals surface area (Å²) >= 11 is 0. The number of fused-ring (bicyclic) bond motifs is 9. The van der Waals surface area contributed by atoms with Crippen LogP contribution < -0.4 is 18.9 Å². The maximum absolute atomic E-state index is 7.30. The van der Waals surface area contributed by atoms with E-state index in [-0.39, 0.29) is 24.3 Å². The molecule has 0 amide bonds. The highest BCUT2D eigenvalue weighted by Gasteiger charge is 2.46. The molecule has 3 aromatic heterocycles. The lowest BCUT2D eigenvalue weighted by molar-refractivity contribution is -0.0505. The molecule has 300 valence electrons. The second-order valence-corrected chi connectivity index (χ2v) is 17.0. The fourth-order valence-corrected chi connectivity index (χ4v) is 11.1. The van der Waals surface area contributed by atoms with Crippen molar-refractivity contribution < 1.29 is 18.9 Å². The summed E-state index contributed by atoms with van der Waals surface area (Å²) in [6, 6.07) is 25.1. The topological polar surface area (TPSA) is 95.0 Å². The molecule has 0 saturated carbocycles. The number of aromatic nitrogens is 4. The summed E-state index contributed by atoms with van der Waals surface area (Å²) in [5.41, 5.74) is 4.01. The van der Waals surface area contributed by atoms with Gasteiger partial charge in [-0.2, -0.15) is 0 Å². The van der Waals surface area contributed by atoms with Crippen LogP contribution in [-0.4, -0.2) is 82.4 Å². The molecule has 10 atom stereocenters. The molecule has 3 aromatic carbocycles. The first-order valence-corrected chi connectivity index (χ1v) is 21.5. The molecule has 0 aliphatic carbocycles. The fraction of sp³-hybridized carbons (Fsp3) is 0.458. The Morgan fingerprint density at radius 3 is 1.47 bits per heavy atom. The van der Waals surface area contributed by atoms with Crippen molar-refractivity contribution in [2.75, 3.05) is 40.4 Å². The SMILES string of the molecule is CCC1CN2CC[C@H]1C[C@@H]2[C@@H](Oc1nnc(O[C@@H](c2ccnc3ccc(OC)cc23)[C@H]2C[C@@H]3CCN2CC3CC)c2ccccc12)c1ccnc2ccc(OC)cc12. The first-order valence-electron chi connectivity index (χ1n) is 21.5. The highest BCUT2D eigenvalue weighted by molar-refractivity contribution is 5.91. The van der Waals surface area contributed by atoms with Crippen molar-refractivity contribution in [3.05, 3.63) is 96.3 Å². The fourth-order valence-electron chi connectivity index (χ4n) is 11.1. The molecule has 6 saturated heterocycles. The van der Waals surface area contributed by atoms with Crippen LogP contribution in [0.15, 0.2) is 85.2 Å². The molecule has 0 N–H and O–H groups in total. The molecular weight excluding hydrogens is 725 g/mol. The summed E-state index contributed by atoms with van der Waals surface area (Å²) in [5.74, 6) is 5.39. The summed E-state index contributed by atoms with van der Waals surface area (Å²) in [6.45, 7) is 9.00. The van der Waals surface area contributed by atoms with E-state index in [0.29, 0.717) is 35.4 Å². The van der Waals surface area contributed by atoms with Gasteiger partial charge >= 0.3 is 0 Å². The summed E-state index contributed by atoms with van der Waals surface area (Å²) < 4.78 is 26.0. The van der Waals surface area contributed by atoms with Gasteiger partial charge in [-0.1, -0.05) is 38.8 Å². The van der Waals surface area contributed by atoms with Crippen LogP contribution in [0.25, 0.3) is 32.6 Å². The Morgan fingerprint density at radius 2 is 1.07 bits per heavy atom. The van der Waals surface area contributed by atoms with E-state index in [0.717, 1.165) is 94.2 Å². The first-order chi connectivity index (χ1) is 28.5. The Bertz CT molecular complexity index is 2280. The predicted octanol–water partition coefficient (Wildman–Crippen LogP) is 9.22. The highest BCUT2D eigenvalue weighted by Crippen LogP contribution is 2.47. The maximum Gasteiger partial charge on any atom is 0.242 e. The van der Waals surface area contributed by atoms with Gasteiger partial charge in [0, 0.05) is 47.4 Å². The number of benzene rings is 3. The minimum atomic E-state index is -0.300. The Hall–Kier alpha value is -5.06. The third-order valence-corrected chi connectivity index (χ3v) is 14.3. The van der Waals surface area contributed by atoms with Crippen molar-refractivity contribution in [2.24, 2.45) is 23.7 Å². The molecule has 9 heterocycles. The molecule has 10 nitrogen and oxygen atoms in total. The van der Waals surface area contributed by atoms with Crippen LogP contribution in [-0.2, 0) is 0 Å². The third kappa shape index (κ3) is 6.58. The maximum atomic E-state index is 7.30. The van der Waals surface area contributed by atoms with Gasteiger partial charge in [0.15, 0.2) is 0 Å². The van der Waals surface area contributed by atoms with E-state index in [1.165, 1.54) is 25.7 Å². The van der Waals surface area contributed by atoms with E-state index in [4.69, 9.17) is 39.1 Å². The number of hydrogen-bond donors (Lipinski definition) is 0. The minimum absolute atomic E-state index is 0.180. The lowest BCUT2D eigenvalue weighted by Crippen LogP contribution is -2.56. The van der Waals surface area contributed by atoms with E-state index in [9.17, 15) is 0 Å². The summed E-state index contributed by atoms with van der Waals surface area (Å²) in [6.07, 6.45) is 10.2. The number of piperidine rings is 6. The molecule has 6 aromatic rings. The van der Waals surface area contributed by atoms with E-state index < -0.39 is 0 Å². The Balaban J connectivity index is 1.06. The smallest absolute Gasteiger partial charge is 0.242 e. The monoisotopic (exact) mass is 778 g/mol. The van der Waals surface area contributed by atoms with Gasteiger partial charge in [-0.15, -0.1) is 10.2 Å². The van der Waals surface area contributed by atoms with Crippen LogP contribution >= 0.6 is 0 Å². The van der Waals surface area contributed by atoms with Gasteiger partial charge in [0.2, 0.25) is 11.8 Å². The van der Waals surface area contributed by atoms with E-state index in [1.807, 2.05) is 36.7 Å². The van der Waals surface area contributed by atoms with Gasteiger partial charge < -0.3 is 18.9 Å². The highest BCUT2D eigenvalue weighted by atomic mass is 16.5. The zero-order valence-electron chi connectivity index (χ0n) is 34.1.